The van der Waals surface area contributed by atoms with Crippen molar-refractivity contribution in [2.75, 3.05) is 9.80 Å². The van der Waals surface area contributed by atoms with Crippen LogP contribution in [0, 0.1) is 0 Å². The molecule has 4 nitrogen and oxygen atoms in total. The first-order valence-corrected chi connectivity index (χ1v) is 22.4. The number of aromatic nitrogens is 1. The number of hydrogen-bond donors (Lipinski definition) is 0. The summed E-state index contributed by atoms with van der Waals surface area (Å²) in [5, 5.41) is 12.8. The van der Waals surface area contributed by atoms with Crippen molar-refractivity contribution in [2.24, 2.45) is 0 Å². The van der Waals surface area contributed by atoms with Crippen LogP contribution in [0.15, 0.2) is 229 Å². The summed E-state index contributed by atoms with van der Waals surface area (Å²) in [5.74, 6) is 0. The van der Waals surface area contributed by atoms with Crippen molar-refractivity contribution < 1.29 is 4.42 Å². The van der Waals surface area contributed by atoms with Gasteiger partial charge in [0, 0.05) is 49.9 Å². The molecule has 13 aromatic rings. The second-order valence-electron chi connectivity index (χ2n) is 16.4. The number of furan rings is 1. The van der Waals surface area contributed by atoms with Crippen molar-refractivity contribution in [2.45, 2.75) is 0 Å². The Morgan fingerprint density at radius 3 is 1.53 bits per heavy atom. The highest BCUT2D eigenvalue weighted by Gasteiger charge is 2.21. The van der Waals surface area contributed by atoms with Crippen molar-refractivity contribution in [1.82, 2.24) is 4.98 Å². The molecule has 13 rings (SSSR count). The number of benzene rings is 11. The molecule has 5 heteroatoms. The second-order valence-corrected chi connectivity index (χ2v) is 17.4. The first kappa shape index (κ1) is 36.4. The fourth-order valence-corrected chi connectivity index (χ4v) is 10.6. The zero-order chi connectivity index (χ0) is 42.1. The standard InChI is InChI=1S/C59H37N3OS/c1-2-14-40(15-3-1)59-60-53-32-28-46(37-58(53)64-59)62(55-22-11-17-39-13-5-7-19-50(39)55)44-27-31-48-42(35-44)25-24-41-34-43(26-30-47(41)48)61(54-21-10-16-38-12-4-6-18-49(38)54)45-29-33-57-52(36-45)51-20-8-9-23-56(51)63-57/h1-37H. The molecule has 300 valence electrons. The number of fused-ring (bicyclic) bond motifs is 9. The summed E-state index contributed by atoms with van der Waals surface area (Å²) >= 11 is 1.74. The first-order chi connectivity index (χ1) is 31.7. The van der Waals surface area contributed by atoms with Gasteiger partial charge in [0.1, 0.15) is 16.2 Å². The van der Waals surface area contributed by atoms with Gasteiger partial charge in [-0.2, -0.15) is 0 Å². The Morgan fingerprint density at radius 1 is 0.344 bits per heavy atom. The van der Waals surface area contributed by atoms with E-state index in [1.807, 2.05) is 18.2 Å². The Balaban J connectivity index is 0.950. The molecule has 0 radical (unpaired) electrons. The molecule has 0 aliphatic carbocycles. The van der Waals surface area contributed by atoms with Gasteiger partial charge in [0.05, 0.1) is 21.6 Å². The molecule has 0 aliphatic heterocycles. The zero-order valence-electron chi connectivity index (χ0n) is 34.5. The van der Waals surface area contributed by atoms with Crippen LogP contribution in [-0.2, 0) is 0 Å². The molecule has 0 saturated heterocycles. The van der Waals surface area contributed by atoms with E-state index in [-0.39, 0.29) is 0 Å². The molecule has 0 saturated carbocycles. The van der Waals surface area contributed by atoms with Crippen molar-refractivity contribution in [3.8, 4) is 10.6 Å². The highest BCUT2D eigenvalue weighted by molar-refractivity contribution is 7.21. The topological polar surface area (TPSA) is 32.5 Å². The minimum Gasteiger partial charge on any atom is -0.456 e. The van der Waals surface area contributed by atoms with Crippen LogP contribution in [0.5, 0.6) is 0 Å². The van der Waals surface area contributed by atoms with E-state index in [1.165, 1.54) is 43.1 Å². The van der Waals surface area contributed by atoms with Crippen LogP contribution < -0.4 is 9.80 Å². The summed E-state index contributed by atoms with van der Waals surface area (Å²) in [6.07, 6.45) is 0. The lowest BCUT2D eigenvalue weighted by molar-refractivity contribution is 0.669. The highest BCUT2D eigenvalue weighted by Crippen LogP contribution is 2.45. The SMILES string of the molecule is c1ccc(-c2nc3ccc(N(c4ccc5c(ccc6cc(N(c7ccc8oc9ccccc9c8c7)c7cccc8ccccc78)ccc65)c4)c4cccc5ccccc45)cc3s2)cc1. The fraction of sp³-hybridized carbons (Fsp3) is 0. The van der Waals surface area contributed by atoms with Gasteiger partial charge in [0.25, 0.3) is 0 Å². The first-order valence-electron chi connectivity index (χ1n) is 21.6. The molecule has 0 unspecified atom stereocenters. The molecule has 64 heavy (non-hydrogen) atoms. The number of thiazole rings is 1. The van der Waals surface area contributed by atoms with Gasteiger partial charge in [0.15, 0.2) is 0 Å². The molecular formula is C59H37N3OS. The number of rotatable bonds is 7. The number of nitrogens with zero attached hydrogens (tertiary/aromatic N) is 3. The predicted molar refractivity (Wildman–Crippen MR) is 272 cm³/mol. The largest absolute Gasteiger partial charge is 0.456 e. The molecular weight excluding hydrogens is 799 g/mol. The monoisotopic (exact) mass is 835 g/mol. The van der Waals surface area contributed by atoms with Crippen LogP contribution in [0.4, 0.5) is 34.1 Å². The lowest BCUT2D eigenvalue weighted by Gasteiger charge is -2.28. The maximum atomic E-state index is 6.27. The van der Waals surface area contributed by atoms with Crippen LogP contribution in [0.2, 0.25) is 0 Å². The van der Waals surface area contributed by atoms with E-state index in [1.54, 1.807) is 11.3 Å². The van der Waals surface area contributed by atoms with Crippen LogP contribution >= 0.6 is 11.3 Å². The maximum Gasteiger partial charge on any atom is 0.135 e. The van der Waals surface area contributed by atoms with E-state index in [9.17, 15) is 0 Å². The summed E-state index contributed by atoms with van der Waals surface area (Å²) in [7, 11) is 0. The van der Waals surface area contributed by atoms with Gasteiger partial charge in [0.2, 0.25) is 0 Å². The minimum absolute atomic E-state index is 0.882. The summed E-state index contributed by atoms with van der Waals surface area (Å²) in [4.78, 5) is 9.82. The van der Waals surface area contributed by atoms with Gasteiger partial charge in [-0.25, -0.2) is 4.98 Å². The summed E-state index contributed by atoms with van der Waals surface area (Å²) in [5.41, 5.74) is 10.5. The Hall–Kier alpha value is -8.25. The van der Waals surface area contributed by atoms with Crippen LogP contribution in [0.25, 0.3) is 85.8 Å². The van der Waals surface area contributed by atoms with E-state index >= 15 is 0 Å². The van der Waals surface area contributed by atoms with E-state index in [0.29, 0.717) is 0 Å². The van der Waals surface area contributed by atoms with Crippen LogP contribution in [-0.4, -0.2) is 4.98 Å². The molecule has 0 bridgehead atoms. The maximum absolute atomic E-state index is 6.27. The second kappa shape index (κ2) is 14.7. The van der Waals surface area contributed by atoms with Crippen molar-refractivity contribution >= 4 is 121 Å². The molecule has 0 amide bonds. The van der Waals surface area contributed by atoms with E-state index in [4.69, 9.17) is 9.40 Å². The molecule has 0 aliphatic rings. The predicted octanol–water partition coefficient (Wildman–Crippen LogP) is 17.4. The number of para-hydroxylation sites is 1. The average molecular weight is 836 g/mol. The molecule has 0 fully saturated rings. The van der Waals surface area contributed by atoms with Gasteiger partial charge in [-0.3, -0.25) is 0 Å². The van der Waals surface area contributed by atoms with Gasteiger partial charge in [-0.1, -0.05) is 146 Å². The quantitative estimate of drug-likeness (QED) is 0.150. The van der Waals surface area contributed by atoms with E-state index in [2.05, 4.69) is 216 Å². The van der Waals surface area contributed by atoms with Crippen LogP contribution in [0.1, 0.15) is 0 Å². The van der Waals surface area contributed by atoms with E-state index in [0.717, 1.165) is 76.9 Å². The Labute approximate surface area is 373 Å². The Bertz CT molecular complexity index is 3930. The zero-order valence-corrected chi connectivity index (χ0v) is 35.3. The van der Waals surface area contributed by atoms with Crippen molar-refractivity contribution in [3.63, 3.8) is 0 Å². The molecule has 11 aromatic carbocycles. The van der Waals surface area contributed by atoms with Gasteiger partial charge in [-0.15, -0.1) is 11.3 Å². The average Bonchev–Trinajstić information content (AvgIpc) is 3.96. The molecule has 2 aromatic heterocycles. The summed E-state index contributed by atoms with van der Waals surface area (Å²) in [6, 6.07) is 80.7. The van der Waals surface area contributed by atoms with E-state index < -0.39 is 0 Å². The Kier molecular flexibility index (Phi) is 8.36. The van der Waals surface area contributed by atoms with Crippen LogP contribution in [0.3, 0.4) is 0 Å². The molecule has 0 atom stereocenters. The lowest BCUT2D eigenvalue weighted by atomic mass is 9.99. The molecule has 0 N–H and O–H groups in total. The fourth-order valence-electron chi connectivity index (χ4n) is 9.60. The molecule has 2 heterocycles. The summed E-state index contributed by atoms with van der Waals surface area (Å²) in [6.45, 7) is 0. The van der Waals surface area contributed by atoms with Crippen molar-refractivity contribution in [1.29, 1.82) is 0 Å². The minimum atomic E-state index is 0.882. The lowest BCUT2D eigenvalue weighted by Crippen LogP contribution is -2.10. The van der Waals surface area contributed by atoms with Gasteiger partial charge in [-0.05, 0) is 111 Å². The van der Waals surface area contributed by atoms with Crippen molar-refractivity contribution in [3.05, 3.63) is 224 Å². The third-order valence-corrected chi connectivity index (χ3v) is 13.7. The highest BCUT2D eigenvalue weighted by atomic mass is 32.1. The normalized spacial score (nSPS) is 11.8. The summed E-state index contributed by atoms with van der Waals surface area (Å²) < 4.78 is 7.42. The Morgan fingerprint density at radius 2 is 0.859 bits per heavy atom. The van der Waals surface area contributed by atoms with Gasteiger partial charge < -0.3 is 14.2 Å². The smallest absolute Gasteiger partial charge is 0.135 e. The number of anilines is 6. The third kappa shape index (κ3) is 6.01. The van der Waals surface area contributed by atoms with Gasteiger partial charge >= 0.3 is 0 Å². The third-order valence-electron chi connectivity index (χ3n) is 12.6. The number of hydrogen-bond acceptors (Lipinski definition) is 5. The molecule has 0 spiro atoms.